The molecule has 2 N–H and O–H groups in total. The van der Waals surface area contributed by atoms with Crippen molar-refractivity contribution in [2.24, 2.45) is 5.92 Å². The number of benzene rings is 1. The molecular formula is C21H28N2O3S2. The number of hydrogen-bond acceptors (Lipinski definition) is 6. The average Bonchev–Trinajstić information content (AvgIpc) is 3.24. The third kappa shape index (κ3) is 3.75. The van der Waals surface area contributed by atoms with E-state index in [1.807, 2.05) is 60.8 Å². The van der Waals surface area contributed by atoms with E-state index in [2.05, 4.69) is 4.90 Å². The van der Waals surface area contributed by atoms with Crippen LogP contribution in [-0.2, 0) is 4.79 Å². The highest BCUT2D eigenvalue weighted by Crippen LogP contribution is 2.55. The van der Waals surface area contributed by atoms with Gasteiger partial charge in [-0.05, 0) is 31.9 Å². The Bertz CT molecular complexity index is 757. The summed E-state index contributed by atoms with van der Waals surface area (Å²) < 4.78 is 1.22. The number of β-amino-alcohol motifs (C(OH)–C–C–N with tert-alkyl or cyclic N) is 1. The summed E-state index contributed by atoms with van der Waals surface area (Å²) in [4.78, 5) is 16.6. The van der Waals surface area contributed by atoms with Crippen LogP contribution in [0, 0.1) is 5.92 Å². The second-order valence-electron chi connectivity index (χ2n) is 7.81. The topological polar surface area (TPSA) is 64.0 Å². The highest BCUT2D eigenvalue weighted by atomic mass is 32.2. The predicted octanol–water partition coefficient (Wildman–Crippen LogP) is 3.02. The van der Waals surface area contributed by atoms with Crippen LogP contribution < -0.4 is 0 Å². The zero-order chi connectivity index (χ0) is 19.8. The van der Waals surface area contributed by atoms with E-state index in [1.165, 1.54) is 4.24 Å². The Labute approximate surface area is 175 Å². The van der Waals surface area contributed by atoms with Gasteiger partial charge in [-0.1, -0.05) is 49.0 Å². The summed E-state index contributed by atoms with van der Waals surface area (Å²) in [5.41, 5.74) is 2.01. The van der Waals surface area contributed by atoms with Gasteiger partial charge in [0, 0.05) is 24.0 Å². The van der Waals surface area contributed by atoms with Gasteiger partial charge in [0.1, 0.15) is 5.37 Å². The Kier molecular flexibility index (Phi) is 6.09. The third-order valence-electron chi connectivity index (χ3n) is 5.92. The van der Waals surface area contributed by atoms with Crippen LogP contribution in [0.3, 0.4) is 0 Å². The summed E-state index contributed by atoms with van der Waals surface area (Å²) in [6.07, 6.45) is 0.704. The number of nitrogens with zero attached hydrogens (tertiary/aromatic N) is 2. The lowest BCUT2D eigenvalue weighted by atomic mass is 9.90. The molecule has 4 rings (SSSR count). The van der Waals surface area contributed by atoms with Gasteiger partial charge in [0.15, 0.2) is 0 Å². The first-order valence-electron chi connectivity index (χ1n) is 10.00. The molecule has 7 heteroatoms. The number of thioether (sulfide) groups is 2. The molecule has 2 saturated heterocycles. The van der Waals surface area contributed by atoms with Crippen molar-refractivity contribution in [1.82, 2.24) is 9.80 Å². The number of rotatable bonds is 7. The minimum atomic E-state index is -0.542. The van der Waals surface area contributed by atoms with Gasteiger partial charge >= 0.3 is 0 Å². The molecule has 2 fully saturated rings. The zero-order valence-corrected chi connectivity index (χ0v) is 18.0. The summed E-state index contributed by atoms with van der Waals surface area (Å²) in [5, 5.41) is 21.2. The highest BCUT2D eigenvalue weighted by Gasteiger charge is 2.55. The second-order valence-corrected chi connectivity index (χ2v) is 10.5. The van der Waals surface area contributed by atoms with E-state index in [-0.39, 0.29) is 17.2 Å². The van der Waals surface area contributed by atoms with E-state index in [9.17, 15) is 15.0 Å². The molecule has 0 aliphatic carbocycles. The molecule has 5 atom stereocenters. The van der Waals surface area contributed by atoms with E-state index < -0.39 is 12.2 Å². The smallest absolute Gasteiger partial charge is 0.236 e. The molecule has 0 unspecified atom stereocenters. The third-order valence-corrected chi connectivity index (χ3v) is 8.98. The molecule has 1 aromatic carbocycles. The molecule has 3 aliphatic rings. The Morgan fingerprint density at radius 2 is 2.04 bits per heavy atom. The number of amides is 1. The molecule has 0 bridgehead atoms. The highest BCUT2D eigenvalue weighted by molar-refractivity contribution is 8.23. The van der Waals surface area contributed by atoms with Gasteiger partial charge < -0.3 is 15.1 Å². The van der Waals surface area contributed by atoms with Gasteiger partial charge in [-0.15, -0.1) is 11.8 Å². The first-order valence-corrected chi connectivity index (χ1v) is 11.8. The number of allylic oxidation sites excluding steroid dienone is 1. The van der Waals surface area contributed by atoms with Crippen LogP contribution in [-0.4, -0.2) is 62.3 Å². The van der Waals surface area contributed by atoms with Crippen LogP contribution in [0.1, 0.15) is 38.4 Å². The molecule has 0 aromatic heterocycles. The van der Waals surface area contributed by atoms with Gasteiger partial charge in [-0.25, -0.2) is 0 Å². The predicted molar refractivity (Wildman–Crippen MR) is 115 cm³/mol. The van der Waals surface area contributed by atoms with E-state index in [0.717, 1.165) is 30.8 Å². The molecule has 5 nitrogen and oxygen atoms in total. The molecular weight excluding hydrogens is 392 g/mol. The molecule has 152 valence electrons. The maximum atomic E-state index is 12.4. The van der Waals surface area contributed by atoms with Gasteiger partial charge in [-0.3, -0.25) is 9.69 Å². The van der Waals surface area contributed by atoms with Crippen molar-refractivity contribution >= 4 is 29.4 Å². The first-order chi connectivity index (χ1) is 13.5. The molecule has 3 heterocycles. The van der Waals surface area contributed by atoms with Crippen LogP contribution in [0.15, 0.2) is 40.3 Å². The van der Waals surface area contributed by atoms with Crippen molar-refractivity contribution in [3.05, 3.63) is 45.8 Å². The quantitative estimate of drug-likeness (QED) is 0.661. The van der Waals surface area contributed by atoms with E-state index in [1.54, 1.807) is 11.8 Å². The molecule has 0 saturated carbocycles. The SMILES string of the molecule is CC[C@H](O)[C@@H]1C(=O)N2C(C)=C(S[C@H]3CCN(C[C@H](O)c4ccccc4)C3)S[C@H]12. The molecule has 1 aromatic rings. The van der Waals surface area contributed by atoms with Crippen LogP contribution in [0.25, 0.3) is 0 Å². The summed E-state index contributed by atoms with van der Waals surface area (Å²) in [7, 11) is 0. The number of likely N-dealkylation sites (tertiary alicyclic amines) is 1. The number of fused-ring (bicyclic) bond motifs is 1. The second kappa shape index (κ2) is 8.40. The largest absolute Gasteiger partial charge is 0.392 e. The van der Waals surface area contributed by atoms with Crippen LogP contribution in [0.2, 0.25) is 0 Å². The first kappa shape index (κ1) is 20.3. The van der Waals surface area contributed by atoms with E-state index in [0.29, 0.717) is 18.2 Å². The molecule has 0 radical (unpaired) electrons. The molecule has 28 heavy (non-hydrogen) atoms. The number of aliphatic hydroxyl groups excluding tert-OH is 2. The lowest BCUT2D eigenvalue weighted by Gasteiger charge is -2.44. The van der Waals surface area contributed by atoms with Crippen molar-refractivity contribution in [1.29, 1.82) is 0 Å². The normalized spacial score (nSPS) is 29.8. The summed E-state index contributed by atoms with van der Waals surface area (Å²) in [6, 6.07) is 9.83. The fourth-order valence-corrected chi connectivity index (χ4v) is 7.53. The number of aliphatic hydroxyl groups is 2. The van der Waals surface area contributed by atoms with Crippen molar-refractivity contribution < 1.29 is 15.0 Å². The van der Waals surface area contributed by atoms with Crippen LogP contribution >= 0.6 is 23.5 Å². The van der Waals surface area contributed by atoms with Gasteiger partial charge in [-0.2, -0.15) is 0 Å². The molecule has 3 aliphatic heterocycles. The summed E-state index contributed by atoms with van der Waals surface area (Å²) in [6.45, 7) is 6.54. The minimum absolute atomic E-state index is 0.0685. The van der Waals surface area contributed by atoms with Crippen molar-refractivity contribution in [3.8, 4) is 0 Å². The number of carbonyl (C=O) groups is 1. The average molecular weight is 421 g/mol. The van der Waals surface area contributed by atoms with Gasteiger partial charge in [0.05, 0.1) is 22.4 Å². The Morgan fingerprint density at radius 1 is 1.29 bits per heavy atom. The molecule has 0 spiro atoms. The summed E-state index contributed by atoms with van der Waals surface area (Å²) >= 11 is 3.61. The lowest BCUT2D eigenvalue weighted by molar-refractivity contribution is -0.153. The standard InChI is InChI=1S/C21H28N2O3S2/c1-3-16(24)18-19(26)23-13(2)21(28-20(18)23)27-15-9-10-22(11-15)12-17(25)14-7-5-4-6-8-14/h4-8,15-18,20,24-25H,3,9-12H2,1-2H3/t15-,16-,17-,18+,20+/m0/s1. The van der Waals surface area contributed by atoms with Crippen LogP contribution in [0.4, 0.5) is 0 Å². The number of carbonyl (C=O) groups excluding carboxylic acids is 1. The monoisotopic (exact) mass is 420 g/mol. The fourth-order valence-electron chi connectivity index (χ4n) is 4.22. The van der Waals surface area contributed by atoms with Crippen molar-refractivity contribution in [3.63, 3.8) is 0 Å². The van der Waals surface area contributed by atoms with E-state index in [4.69, 9.17) is 0 Å². The summed E-state index contributed by atoms with van der Waals surface area (Å²) in [5.74, 6) is -0.192. The van der Waals surface area contributed by atoms with Gasteiger partial charge in [0.2, 0.25) is 5.91 Å². The number of β-lactam (4-membered cyclic amide) rings is 1. The minimum Gasteiger partial charge on any atom is -0.392 e. The zero-order valence-electron chi connectivity index (χ0n) is 16.3. The number of hydrogen-bond donors (Lipinski definition) is 2. The Morgan fingerprint density at radius 3 is 2.75 bits per heavy atom. The maximum absolute atomic E-state index is 12.4. The van der Waals surface area contributed by atoms with E-state index >= 15 is 0 Å². The fraction of sp³-hybridized carbons (Fsp3) is 0.571. The Hall–Kier alpha value is -0.990. The maximum Gasteiger partial charge on any atom is 0.236 e. The lowest BCUT2D eigenvalue weighted by Crippen LogP contribution is -2.60. The van der Waals surface area contributed by atoms with Crippen LogP contribution in [0.5, 0.6) is 0 Å². The Balaban J connectivity index is 1.31. The molecule has 1 amide bonds. The van der Waals surface area contributed by atoms with Gasteiger partial charge in [0.25, 0.3) is 0 Å². The van der Waals surface area contributed by atoms with Crippen molar-refractivity contribution in [2.75, 3.05) is 19.6 Å². The van der Waals surface area contributed by atoms with Crippen molar-refractivity contribution in [2.45, 2.75) is 49.5 Å².